The summed E-state index contributed by atoms with van der Waals surface area (Å²) in [6.45, 7) is 4.32. The van der Waals surface area contributed by atoms with E-state index in [1.165, 1.54) is 14.9 Å². The van der Waals surface area contributed by atoms with Gasteiger partial charge in [0.15, 0.2) is 10.6 Å². The van der Waals surface area contributed by atoms with E-state index < -0.39 is 33.5 Å². The van der Waals surface area contributed by atoms with Crippen LogP contribution in [0.2, 0.25) is 0 Å². The quantitative estimate of drug-likeness (QED) is 0.519. The maximum atomic E-state index is 14.3. The lowest BCUT2D eigenvalue weighted by molar-refractivity contribution is -0.122. The summed E-state index contributed by atoms with van der Waals surface area (Å²) in [6.07, 6.45) is 2.25. The number of carbonyl (C=O) groups is 1. The summed E-state index contributed by atoms with van der Waals surface area (Å²) in [6, 6.07) is 5.25. The molecule has 6 nitrogen and oxygen atoms in total. The molecule has 164 valence electrons. The number of rotatable bonds is 5. The SMILES string of the molecule is C=CCn1c(=NC(=O)C2CCN(S(=O)(=O)c3cccs3)CC2)sc2cc(F)cc(F)c21. The molecule has 1 aromatic carbocycles. The van der Waals surface area contributed by atoms with Crippen LogP contribution in [0.4, 0.5) is 8.78 Å². The molecule has 1 aliphatic rings. The Balaban J connectivity index is 1.58. The Bertz CT molecular complexity index is 1300. The van der Waals surface area contributed by atoms with Gasteiger partial charge in [0.1, 0.15) is 10.0 Å². The Hall–Kier alpha value is -2.21. The summed E-state index contributed by atoms with van der Waals surface area (Å²) < 4.78 is 56.7. The van der Waals surface area contributed by atoms with Gasteiger partial charge in [-0.1, -0.05) is 23.5 Å². The second-order valence-electron chi connectivity index (χ2n) is 7.08. The number of allylic oxidation sites excluding steroid dienone is 1. The molecule has 0 radical (unpaired) electrons. The van der Waals surface area contributed by atoms with Crippen LogP contribution in [0.25, 0.3) is 10.2 Å². The fourth-order valence-corrected chi connectivity index (χ4v) is 7.28. The van der Waals surface area contributed by atoms with Crippen LogP contribution in [0, 0.1) is 17.6 Å². The highest BCUT2D eigenvalue weighted by Gasteiger charge is 2.32. The molecule has 0 N–H and O–H groups in total. The standard InChI is InChI=1S/C20H19F2N3O3S3/c1-2-7-25-18-15(22)11-14(21)12-16(18)30-20(25)23-19(26)13-5-8-24(9-6-13)31(27,28)17-4-3-10-29-17/h2-4,10-13H,1,5-9H2. The summed E-state index contributed by atoms with van der Waals surface area (Å²) in [5, 5.41) is 1.71. The summed E-state index contributed by atoms with van der Waals surface area (Å²) >= 11 is 2.19. The smallest absolute Gasteiger partial charge is 0.252 e. The molecule has 0 atom stereocenters. The van der Waals surface area contributed by atoms with Crippen LogP contribution < -0.4 is 4.80 Å². The molecule has 3 aromatic rings. The lowest BCUT2D eigenvalue weighted by atomic mass is 9.98. The lowest BCUT2D eigenvalue weighted by Crippen LogP contribution is -2.40. The molecule has 4 rings (SSSR count). The van der Waals surface area contributed by atoms with Crippen molar-refractivity contribution in [2.75, 3.05) is 13.1 Å². The van der Waals surface area contributed by atoms with Gasteiger partial charge in [-0.2, -0.15) is 9.30 Å². The predicted molar refractivity (Wildman–Crippen MR) is 116 cm³/mol. The van der Waals surface area contributed by atoms with E-state index in [0.717, 1.165) is 28.7 Å². The van der Waals surface area contributed by atoms with Crippen LogP contribution in [-0.2, 0) is 21.4 Å². The summed E-state index contributed by atoms with van der Waals surface area (Å²) in [5.74, 6) is -2.25. The molecule has 1 fully saturated rings. The number of amides is 1. The Kier molecular flexibility index (Phi) is 6.20. The van der Waals surface area contributed by atoms with Gasteiger partial charge in [-0.3, -0.25) is 4.79 Å². The molecule has 1 amide bonds. The van der Waals surface area contributed by atoms with Gasteiger partial charge in [0.2, 0.25) is 0 Å². The monoisotopic (exact) mass is 483 g/mol. The fourth-order valence-electron chi connectivity index (χ4n) is 3.58. The topological polar surface area (TPSA) is 71.7 Å². The predicted octanol–water partition coefficient (Wildman–Crippen LogP) is 3.76. The molecule has 0 unspecified atom stereocenters. The third kappa shape index (κ3) is 4.27. The summed E-state index contributed by atoms with van der Waals surface area (Å²) in [5.41, 5.74) is 0.176. The van der Waals surface area contributed by atoms with Crippen LogP contribution in [0.15, 0.2) is 51.5 Å². The highest BCUT2D eigenvalue weighted by atomic mass is 32.2. The van der Waals surface area contributed by atoms with Crippen LogP contribution >= 0.6 is 22.7 Å². The summed E-state index contributed by atoms with van der Waals surface area (Å²) in [4.78, 5) is 17.3. The van der Waals surface area contributed by atoms with Crippen LogP contribution in [0.3, 0.4) is 0 Å². The van der Waals surface area contributed by atoms with Crippen molar-refractivity contribution >= 4 is 48.8 Å². The molecular weight excluding hydrogens is 464 g/mol. The van der Waals surface area contributed by atoms with Gasteiger partial charge in [-0.25, -0.2) is 17.2 Å². The zero-order chi connectivity index (χ0) is 22.2. The minimum Gasteiger partial charge on any atom is -0.310 e. The van der Waals surface area contributed by atoms with Gasteiger partial charge >= 0.3 is 0 Å². The van der Waals surface area contributed by atoms with Gasteiger partial charge in [0.05, 0.1) is 10.2 Å². The molecule has 31 heavy (non-hydrogen) atoms. The van der Waals surface area contributed by atoms with E-state index in [4.69, 9.17) is 0 Å². The number of piperidine rings is 1. The lowest BCUT2D eigenvalue weighted by Gasteiger charge is -2.29. The first-order valence-electron chi connectivity index (χ1n) is 9.53. The van der Waals surface area contributed by atoms with E-state index in [1.807, 2.05) is 0 Å². The number of carbonyl (C=O) groups excluding carboxylic acids is 1. The van der Waals surface area contributed by atoms with Gasteiger partial charge in [0.25, 0.3) is 15.9 Å². The number of benzene rings is 1. The molecule has 3 heterocycles. The minimum atomic E-state index is -3.55. The average Bonchev–Trinajstić information content (AvgIpc) is 3.38. The molecule has 1 saturated heterocycles. The summed E-state index contributed by atoms with van der Waals surface area (Å²) in [7, 11) is -3.55. The molecule has 0 aliphatic carbocycles. The number of hydrogen-bond acceptors (Lipinski definition) is 5. The van der Waals surface area contributed by atoms with E-state index in [0.29, 0.717) is 17.5 Å². The van der Waals surface area contributed by atoms with Crippen molar-refractivity contribution < 1.29 is 22.0 Å². The number of fused-ring (bicyclic) bond motifs is 1. The van der Waals surface area contributed by atoms with Crippen molar-refractivity contribution in [2.24, 2.45) is 10.9 Å². The van der Waals surface area contributed by atoms with Gasteiger partial charge in [0, 0.05) is 31.6 Å². The maximum absolute atomic E-state index is 14.3. The largest absolute Gasteiger partial charge is 0.310 e. The van der Waals surface area contributed by atoms with E-state index in [1.54, 1.807) is 23.6 Å². The number of thiazole rings is 1. The second-order valence-corrected chi connectivity index (χ2v) is 11.2. The molecule has 2 aromatic heterocycles. The van der Waals surface area contributed by atoms with Gasteiger partial charge in [-0.15, -0.1) is 17.9 Å². The van der Waals surface area contributed by atoms with Crippen molar-refractivity contribution in [2.45, 2.75) is 23.6 Å². The number of aromatic nitrogens is 1. The zero-order valence-corrected chi connectivity index (χ0v) is 18.8. The van der Waals surface area contributed by atoms with Crippen LogP contribution in [0.1, 0.15) is 12.8 Å². The van der Waals surface area contributed by atoms with Crippen molar-refractivity contribution in [3.8, 4) is 0 Å². The number of halogens is 2. The maximum Gasteiger partial charge on any atom is 0.252 e. The first-order valence-corrected chi connectivity index (χ1v) is 12.7. The number of thiophene rings is 1. The normalized spacial score (nSPS) is 16.8. The first kappa shape index (κ1) is 22.0. The molecular formula is C20H19F2N3O3S3. The van der Waals surface area contributed by atoms with E-state index >= 15 is 0 Å². The number of nitrogens with zero attached hydrogens (tertiary/aromatic N) is 3. The second kappa shape index (κ2) is 8.73. The van der Waals surface area contributed by atoms with E-state index in [2.05, 4.69) is 11.6 Å². The van der Waals surface area contributed by atoms with Crippen molar-refractivity contribution in [1.29, 1.82) is 0 Å². The zero-order valence-electron chi connectivity index (χ0n) is 16.3. The average molecular weight is 484 g/mol. The van der Waals surface area contributed by atoms with Crippen molar-refractivity contribution in [1.82, 2.24) is 8.87 Å². The van der Waals surface area contributed by atoms with Crippen LogP contribution in [-0.4, -0.2) is 36.3 Å². The van der Waals surface area contributed by atoms with Gasteiger partial charge < -0.3 is 4.57 Å². The molecule has 0 saturated carbocycles. The molecule has 0 spiro atoms. The Morgan fingerprint density at radius 2 is 2.03 bits per heavy atom. The third-order valence-electron chi connectivity index (χ3n) is 5.11. The highest BCUT2D eigenvalue weighted by molar-refractivity contribution is 7.91. The Morgan fingerprint density at radius 3 is 2.68 bits per heavy atom. The number of sulfonamides is 1. The number of hydrogen-bond donors (Lipinski definition) is 0. The van der Waals surface area contributed by atoms with Crippen molar-refractivity contribution in [3.05, 3.63) is 58.7 Å². The highest BCUT2D eigenvalue weighted by Crippen LogP contribution is 2.27. The Morgan fingerprint density at radius 1 is 1.29 bits per heavy atom. The fraction of sp³-hybridized carbons (Fsp3) is 0.300. The minimum absolute atomic E-state index is 0.176. The van der Waals surface area contributed by atoms with E-state index in [9.17, 15) is 22.0 Å². The van der Waals surface area contributed by atoms with Crippen LogP contribution in [0.5, 0.6) is 0 Å². The Labute approximate surface area is 185 Å². The van der Waals surface area contributed by atoms with Gasteiger partial charge in [-0.05, 0) is 30.4 Å². The van der Waals surface area contributed by atoms with Crippen molar-refractivity contribution in [3.63, 3.8) is 0 Å². The molecule has 11 heteroatoms. The third-order valence-corrected chi connectivity index (χ3v) is 9.40. The molecule has 1 aliphatic heterocycles. The first-order chi connectivity index (χ1) is 14.8. The molecule has 0 bridgehead atoms. The van der Waals surface area contributed by atoms with E-state index in [-0.39, 0.29) is 34.2 Å².